The van der Waals surface area contributed by atoms with E-state index >= 15 is 0 Å². The van der Waals surface area contributed by atoms with Crippen LogP contribution in [0.1, 0.15) is 0 Å². The Bertz CT molecular complexity index is 3900. The summed E-state index contributed by atoms with van der Waals surface area (Å²) in [6, 6.07) is 68.6. The highest BCUT2D eigenvalue weighted by Crippen LogP contribution is 2.43. The van der Waals surface area contributed by atoms with Crippen LogP contribution in [0.15, 0.2) is 199 Å². The number of aromatic nitrogens is 4. The van der Waals surface area contributed by atoms with Gasteiger partial charge in [0.05, 0.1) is 16.7 Å². The van der Waals surface area contributed by atoms with E-state index in [1.807, 2.05) is 48.5 Å². The lowest BCUT2D eigenvalue weighted by Gasteiger charge is -2.15. The molecule has 3 heterocycles. The quantitative estimate of drug-likeness (QED) is 0.167. The monoisotopic (exact) mass is 764 g/mol. The topological polar surface area (TPSA) is 56.7 Å². The molecule has 278 valence electrons. The van der Waals surface area contributed by atoms with Crippen LogP contribution >= 0.6 is 0 Å². The molecule has 3 aromatic heterocycles. The third-order valence-corrected chi connectivity index (χ3v) is 12.2. The van der Waals surface area contributed by atoms with Gasteiger partial charge in [-0.05, 0) is 74.1 Å². The largest absolute Gasteiger partial charge is 0.456 e. The number of para-hydroxylation sites is 2. The Balaban J connectivity index is 1.06. The second-order valence-electron chi connectivity index (χ2n) is 15.5. The van der Waals surface area contributed by atoms with Crippen molar-refractivity contribution >= 4 is 86.8 Å². The number of nitrogens with zero attached hydrogens (tertiary/aromatic N) is 4. The molecule has 0 aliphatic rings. The van der Waals surface area contributed by atoms with Crippen molar-refractivity contribution < 1.29 is 4.42 Å². The molecule has 0 amide bonds. The molecule has 0 unspecified atom stereocenters. The van der Waals surface area contributed by atoms with Crippen molar-refractivity contribution in [3.05, 3.63) is 194 Å². The minimum atomic E-state index is 0.596. The van der Waals surface area contributed by atoms with Crippen LogP contribution < -0.4 is 0 Å². The molecule has 60 heavy (non-hydrogen) atoms. The molecule has 5 heteroatoms. The normalized spacial score (nSPS) is 12.0. The molecule has 0 bridgehead atoms. The van der Waals surface area contributed by atoms with Gasteiger partial charge in [-0.2, -0.15) is 0 Å². The molecule has 0 saturated carbocycles. The predicted molar refractivity (Wildman–Crippen MR) is 248 cm³/mol. The molecule has 0 spiro atoms. The Morgan fingerprint density at radius 1 is 0.317 bits per heavy atom. The molecular weight excluding hydrogens is 733 g/mol. The SMILES string of the molecule is c1ccc(-c2nc(-c3ccc(-n4c5ccccc5c5c6ccc7ccc8ccccc8c7c6ccc54)c4ccccc34)nc(-c3cccc4oc5ccccc5c34)n2)cc1. The second kappa shape index (κ2) is 12.7. The van der Waals surface area contributed by atoms with Crippen molar-refractivity contribution in [2.75, 3.05) is 0 Å². The maximum absolute atomic E-state index is 6.30. The summed E-state index contributed by atoms with van der Waals surface area (Å²) in [4.78, 5) is 15.6. The highest BCUT2D eigenvalue weighted by molar-refractivity contribution is 6.29. The Kier molecular flexibility index (Phi) is 6.95. The average Bonchev–Trinajstić information content (AvgIpc) is 3.87. The summed E-state index contributed by atoms with van der Waals surface area (Å²) in [5.41, 5.74) is 7.80. The van der Waals surface area contributed by atoms with E-state index in [0.717, 1.165) is 66.1 Å². The maximum atomic E-state index is 6.30. The van der Waals surface area contributed by atoms with E-state index in [4.69, 9.17) is 19.4 Å². The van der Waals surface area contributed by atoms with Crippen LogP contribution in [0.5, 0.6) is 0 Å². The first kappa shape index (κ1) is 32.9. The lowest BCUT2D eigenvalue weighted by atomic mass is 9.94. The van der Waals surface area contributed by atoms with Crippen LogP contribution in [-0.4, -0.2) is 19.5 Å². The molecule has 0 fully saturated rings. The van der Waals surface area contributed by atoms with Gasteiger partial charge >= 0.3 is 0 Å². The molecule has 10 aromatic carbocycles. The van der Waals surface area contributed by atoms with E-state index in [1.165, 1.54) is 43.1 Å². The van der Waals surface area contributed by atoms with Gasteiger partial charge in [0.2, 0.25) is 0 Å². The van der Waals surface area contributed by atoms with Gasteiger partial charge in [0.25, 0.3) is 0 Å². The molecule has 0 atom stereocenters. The van der Waals surface area contributed by atoms with Crippen molar-refractivity contribution in [3.63, 3.8) is 0 Å². The highest BCUT2D eigenvalue weighted by Gasteiger charge is 2.22. The van der Waals surface area contributed by atoms with Crippen molar-refractivity contribution in [2.24, 2.45) is 0 Å². The second-order valence-corrected chi connectivity index (χ2v) is 15.5. The van der Waals surface area contributed by atoms with E-state index < -0.39 is 0 Å². The van der Waals surface area contributed by atoms with Crippen molar-refractivity contribution in [3.8, 4) is 39.9 Å². The van der Waals surface area contributed by atoms with Gasteiger partial charge < -0.3 is 8.98 Å². The lowest BCUT2D eigenvalue weighted by molar-refractivity contribution is 0.669. The van der Waals surface area contributed by atoms with Crippen LogP contribution in [0.25, 0.3) is 127 Å². The molecule has 13 aromatic rings. The van der Waals surface area contributed by atoms with Gasteiger partial charge in [-0.15, -0.1) is 0 Å². The first-order valence-corrected chi connectivity index (χ1v) is 20.3. The number of rotatable bonds is 4. The summed E-state index contributed by atoms with van der Waals surface area (Å²) in [5.74, 6) is 1.82. The smallest absolute Gasteiger partial charge is 0.164 e. The number of fused-ring (bicyclic) bond motifs is 13. The maximum Gasteiger partial charge on any atom is 0.164 e. The van der Waals surface area contributed by atoms with E-state index in [1.54, 1.807) is 0 Å². The van der Waals surface area contributed by atoms with E-state index in [9.17, 15) is 0 Å². The average molecular weight is 765 g/mol. The summed E-state index contributed by atoms with van der Waals surface area (Å²) in [6.07, 6.45) is 0. The summed E-state index contributed by atoms with van der Waals surface area (Å²) >= 11 is 0. The molecular formula is C55H32N4O. The van der Waals surface area contributed by atoms with Gasteiger partial charge in [-0.3, -0.25) is 0 Å². The third-order valence-electron chi connectivity index (χ3n) is 12.2. The molecule has 0 aliphatic heterocycles. The first-order chi connectivity index (χ1) is 29.8. The number of furan rings is 1. The van der Waals surface area contributed by atoms with Crippen molar-refractivity contribution in [2.45, 2.75) is 0 Å². The first-order valence-electron chi connectivity index (χ1n) is 20.3. The van der Waals surface area contributed by atoms with E-state index in [2.05, 4.69) is 150 Å². The molecule has 13 rings (SSSR count). The van der Waals surface area contributed by atoms with Crippen molar-refractivity contribution in [1.82, 2.24) is 19.5 Å². The fraction of sp³-hybridized carbons (Fsp3) is 0. The summed E-state index contributed by atoms with van der Waals surface area (Å²) < 4.78 is 8.73. The molecule has 0 saturated heterocycles. The lowest BCUT2D eigenvalue weighted by Crippen LogP contribution is -2.02. The zero-order valence-electron chi connectivity index (χ0n) is 32.2. The standard InChI is InChI=1S/C55H32N4O/c1-2-14-35(15-3-1)53-56-54(58-55(57-53)44-21-12-24-49-52(44)43-20-9-11-23-48(43)60-49)41-30-31-46(38-18-7-6-17-37(38)41)59-45-22-10-8-19-42(45)51-40-28-27-34-26-25-33-13-4-5-16-36(33)50(34)39(40)29-32-47(51)59/h1-32H. The zero-order valence-corrected chi connectivity index (χ0v) is 32.2. The van der Waals surface area contributed by atoms with Gasteiger partial charge in [0, 0.05) is 43.6 Å². The number of hydrogen-bond donors (Lipinski definition) is 0. The van der Waals surface area contributed by atoms with E-state index in [-0.39, 0.29) is 0 Å². The Labute approximate surface area is 343 Å². The number of benzene rings is 10. The molecule has 5 nitrogen and oxygen atoms in total. The summed E-state index contributed by atoms with van der Waals surface area (Å²) in [6.45, 7) is 0. The third kappa shape index (κ3) is 4.77. The van der Waals surface area contributed by atoms with Gasteiger partial charge in [0.1, 0.15) is 11.2 Å². The van der Waals surface area contributed by atoms with Gasteiger partial charge in [0.15, 0.2) is 17.5 Å². The minimum Gasteiger partial charge on any atom is -0.456 e. The fourth-order valence-corrected chi connectivity index (χ4v) is 9.61. The zero-order chi connectivity index (χ0) is 39.3. The molecule has 0 radical (unpaired) electrons. The summed E-state index contributed by atoms with van der Waals surface area (Å²) in [5, 5.41) is 14.2. The van der Waals surface area contributed by atoms with Gasteiger partial charge in [-0.25, -0.2) is 15.0 Å². The highest BCUT2D eigenvalue weighted by atomic mass is 16.3. The summed E-state index contributed by atoms with van der Waals surface area (Å²) in [7, 11) is 0. The number of hydrogen-bond acceptors (Lipinski definition) is 4. The van der Waals surface area contributed by atoms with E-state index in [0.29, 0.717) is 17.5 Å². The van der Waals surface area contributed by atoms with Crippen LogP contribution in [-0.2, 0) is 0 Å². The van der Waals surface area contributed by atoms with Gasteiger partial charge in [-0.1, -0.05) is 158 Å². The molecule has 0 aliphatic carbocycles. The van der Waals surface area contributed by atoms with Crippen LogP contribution in [0, 0.1) is 0 Å². The van der Waals surface area contributed by atoms with Crippen LogP contribution in [0.4, 0.5) is 0 Å². The fourth-order valence-electron chi connectivity index (χ4n) is 9.61. The Morgan fingerprint density at radius 3 is 1.83 bits per heavy atom. The predicted octanol–water partition coefficient (Wildman–Crippen LogP) is 14.5. The Morgan fingerprint density at radius 2 is 0.950 bits per heavy atom. The minimum absolute atomic E-state index is 0.596. The van der Waals surface area contributed by atoms with Crippen LogP contribution in [0.2, 0.25) is 0 Å². The van der Waals surface area contributed by atoms with Crippen molar-refractivity contribution in [1.29, 1.82) is 0 Å². The Hall–Kier alpha value is -8.15. The van der Waals surface area contributed by atoms with Crippen LogP contribution in [0.3, 0.4) is 0 Å². The molecule has 0 N–H and O–H groups in total.